The molecule has 4 aromatic rings. The third-order valence-corrected chi connectivity index (χ3v) is 8.50. The van der Waals surface area contributed by atoms with Crippen molar-refractivity contribution in [3.8, 4) is 11.4 Å². The second-order valence-corrected chi connectivity index (χ2v) is 11.5. The summed E-state index contributed by atoms with van der Waals surface area (Å²) in [6.07, 6.45) is 5.81. The number of imidazole rings is 1. The Kier molecular flexibility index (Phi) is 7.10. The molecule has 0 radical (unpaired) electrons. The Balaban J connectivity index is 1.28. The molecule has 2 aliphatic rings. The molecule has 4 heterocycles. The maximum absolute atomic E-state index is 13.0. The van der Waals surface area contributed by atoms with Crippen molar-refractivity contribution in [1.82, 2.24) is 20.3 Å². The Morgan fingerprint density at radius 2 is 2.08 bits per heavy atom. The van der Waals surface area contributed by atoms with Crippen molar-refractivity contribution >= 4 is 34.0 Å². The van der Waals surface area contributed by atoms with Gasteiger partial charge in [0.2, 0.25) is 0 Å². The van der Waals surface area contributed by atoms with Gasteiger partial charge in [0.05, 0.1) is 22.8 Å². The van der Waals surface area contributed by atoms with E-state index in [9.17, 15) is 9.90 Å². The van der Waals surface area contributed by atoms with Crippen molar-refractivity contribution in [2.45, 2.75) is 38.7 Å². The van der Waals surface area contributed by atoms with Gasteiger partial charge in [-0.15, -0.1) is 0 Å². The number of benzene rings is 2. The van der Waals surface area contributed by atoms with Crippen molar-refractivity contribution in [2.75, 3.05) is 42.9 Å². The van der Waals surface area contributed by atoms with Crippen LogP contribution >= 0.6 is 11.6 Å². The molecule has 2 aromatic carbocycles. The first kappa shape index (κ1) is 25.9. The van der Waals surface area contributed by atoms with Gasteiger partial charge in [0, 0.05) is 48.5 Å². The predicted octanol–water partition coefficient (Wildman–Crippen LogP) is 5.00. The highest BCUT2D eigenvalue weighted by molar-refractivity contribution is 6.30. The third-order valence-electron chi connectivity index (χ3n) is 8.27. The fourth-order valence-corrected chi connectivity index (χ4v) is 6.48. The monoisotopic (exact) mass is 546 g/mol. The SMILES string of the molecule is Cc1cc(N2CCCC3(CCCNC3)C2)cc2[nH]c(-c3c(NCC(O)c4cccc(Cl)c4)cc[nH]c3=O)nc12. The highest BCUT2D eigenvalue weighted by atomic mass is 35.5. The number of anilines is 2. The molecular formula is C30H35ClN6O2. The van der Waals surface area contributed by atoms with E-state index in [1.54, 1.807) is 30.5 Å². The van der Waals surface area contributed by atoms with Crippen molar-refractivity contribution in [2.24, 2.45) is 5.41 Å². The fourth-order valence-electron chi connectivity index (χ4n) is 6.28. The number of aliphatic hydroxyl groups is 1. The number of pyridine rings is 1. The highest BCUT2D eigenvalue weighted by Gasteiger charge is 2.36. The standard InChI is InChI=1S/C30H35ClN6O2/c1-19-13-22(37-12-4-9-30(18-37)8-3-10-32-17-30)15-24-27(19)36-28(35-24)26-23(7-11-33-29(26)39)34-16-25(38)20-5-2-6-21(31)14-20/h2,5-7,11,13-15,25,32,38H,3-4,8-10,12,16-18H2,1H3,(H,35,36)(H2,33,34,39). The Morgan fingerprint density at radius 3 is 2.90 bits per heavy atom. The van der Waals surface area contributed by atoms with Gasteiger partial charge in [-0.2, -0.15) is 0 Å². The lowest BCUT2D eigenvalue weighted by Crippen LogP contribution is -2.51. The minimum absolute atomic E-state index is 0.214. The molecule has 2 atom stereocenters. The van der Waals surface area contributed by atoms with Gasteiger partial charge >= 0.3 is 0 Å². The van der Waals surface area contributed by atoms with E-state index in [4.69, 9.17) is 16.6 Å². The zero-order valence-corrected chi connectivity index (χ0v) is 22.9. The van der Waals surface area contributed by atoms with Crippen molar-refractivity contribution in [3.05, 3.63) is 75.2 Å². The molecule has 2 aliphatic heterocycles. The number of aromatic nitrogens is 3. The van der Waals surface area contributed by atoms with Crippen LogP contribution in [0, 0.1) is 12.3 Å². The van der Waals surface area contributed by atoms with Crippen LogP contribution in [0.4, 0.5) is 11.4 Å². The second kappa shape index (κ2) is 10.7. The van der Waals surface area contributed by atoms with E-state index >= 15 is 0 Å². The molecule has 0 amide bonds. The number of aryl methyl sites for hydroxylation is 1. The van der Waals surface area contributed by atoms with Gasteiger partial charge in [0.15, 0.2) is 0 Å². The molecule has 39 heavy (non-hydrogen) atoms. The van der Waals surface area contributed by atoms with Crippen LogP contribution in [0.2, 0.25) is 5.02 Å². The summed E-state index contributed by atoms with van der Waals surface area (Å²) in [4.78, 5) is 26.6. The molecule has 2 saturated heterocycles. The number of nitrogens with zero attached hydrogens (tertiary/aromatic N) is 2. The number of hydrogen-bond acceptors (Lipinski definition) is 6. The second-order valence-electron chi connectivity index (χ2n) is 11.1. The van der Waals surface area contributed by atoms with Gasteiger partial charge in [-0.05, 0) is 80.6 Å². The number of nitrogens with one attached hydrogen (secondary N) is 4. The van der Waals surface area contributed by atoms with Gasteiger partial charge in [0.25, 0.3) is 5.56 Å². The van der Waals surface area contributed by atoms with Gasteiger partial charge in [0.1, 0.15) is 11.4 Å². The van der Waals surface area contributed by atoms with Gasteiger partial charge < -0.3 is 30.6 Å². The zero-order chi connectivity index (χ0) is 27.0. The quantitative estimate of drug-likeness (QED) is 0.233. The molecule has 9 heteroatoms. The predicted molar refractivity (Wildman–Crippen MR) is 158 cm³/mol. The first-order valence-corrected chi connectivity index (χ1v) is 14.1. The topological polar surface area (TPSA) is 109 Å². The number of halogens is 1. The van der Waals surface area contributed by atoms with Crippen LogP contribution in [0.15, 0.2) is 53.5 Å². The van der Waals surface area contributed by atoms with Gasteiger partial charge in [-0.1, -0.05) is 23.7 Å². The smallest absolute Gasteiger partial charge is 0.261 e. The van der Waals surface area contributed by atoms with Crippen LogP contribution in [0.3, 0.4) is 0 Å². The molecule has 6 rings (SSSR count). The van der Waals surface area contributed by atoms with Crippen LogP contribution in [0.1, 0.15) is 42.9 Å². The lowest BCUT2D eigenvalue weighted by molar-refractivity contribution is 0.173. The average molecular weight is 547 g/mol. The zero-order valence-electron chi connectivity index (χ0n) is 22.2. The normalized spacial score (nSPS) is 20.4. The summed E-state index contributed by atoms with van der Waals surface area (Å²) in [6.45, 7) is 6.62. The summed E-state index contributed by atoms with van der Waals surface area (Å²) in [5.74, 6) is 0.499. The molecule has 204 valence electrons. The minimum Gasteiger partial charge on any atom is -0.387 e. The van der Waals surface area contributed by atoms with Gasteiger partial charge in [-0.25, -0.2) is 4.98 Å². The molecule has 2 unspecified atom stereocenters. The number of hydrogen-bond donors (Lipinski definition) is 5. The molecule has 0 bridgehead atoms. The largest absolute Gasteiger partial charge is 0.387 e. The lowest BCUT2D eigenvalue weighted by Gasteiger charge is -2.46. The first-order chi connectivity index (χ1) is 18.9. The number of H-pyrrole nitrogens is 2. The summed E-state index contributed by atoms with van der Waals surface area (Å²) in [6, 6.07) is 13.3. The number of aromatic amines is 2. The molecule has 2 aromatic heterocycles. The van der Waals surface area contributed by atoms with Gasteiger partial charge in [-0.3, -0.25) is 4.79 Å². The summed E-state index contributed by atoms with van der Waals surface area (Å²) in [5.41, 5.74) is 5.86. The summed E-state index contributed by atoms with van der Waals surface area (Å²) in [5, 5.41) is 18.1. The summed E-state index contributed by atoms with van der Waals surface area (Å²) >= 11 is 6.09. The van der Waals surface area contributed by atoms with Crippen LogP contribution in [-0.4, -0.2) is 52.8 Å². The number of aliphatic hydroxyl groups excluding tert-OH is 1. The van der Waals surface area contributed by atoms with E-state index in [1.165, 1.54) is 31.4 Å². The van der Waals surface area contributed by atoms with Crippen LogP contribution in [-0.2, 0) is 0 Å². The van der Waals surface area contributed by atoms with E-state index in [1.807, 2.05) is 6.07 Å². The average Bonchev–Trinajstić information content (AvgIpc) is 3.36. The Hall–Kier alpha value is -3.33. The maximum atomic E-state index is 13.0. The minimum atomic E-state index is -0.788. The number of rotatable bonds is 6. The molecule has 0 aliphatic carbocycles. The molecule has 1 spiro atoms. The number of fused-ring (bicyclic) bond motifs is 1. The maximum Gasteiger partial charge on any atom is 0.261 e. The van der Waals surface area contributed by atoms with E-state index in [-0.39, 0.29) is 12.1 Å². The molecule has 5 N–H and O–H groups in total. The Bertz CT molecular complexity index is 1530. The van der Waals surface area contributed by atoms with E-state index in [0.717, 1.165) is 42.8 Å². The summed E-state index contributed by atoms with van der Waals surface area (Å²) in [7, 11) is 0. The van der Waals surface area contributed by atoms with Crippen LogP contribution < -0.4 is 21.1 Å². The third kappa shape index (κ3) is 5.29. The molecule has 0 saturated carbocycles. The van der Waals surface area contributed by atoms with Crippen molar-refractivity contribution in [3.63, 3.8) is 0 Å². The molecular weight excluding hydrogens is 512 g/mol. The Morgan fingerprint density at radius 1 is 1.21 bits per heavy atom. The van der Waals surface area contributed by atoms with E-state index in [0.29, 0.717) is 33.1 Å². The molecule has 8 nitrogen and oxygen atoms in total. The van der Waals surface area contributed by atoms with E-state index in [2.05, 4.69) is 44.6 Å². The Labute approximate surface area is 232 Å². The van der Waals surface area contributed by atoms with Crippen LogP contribution in [0.5, 0.6) is 0 Å². The van der Waals surface area contributed by atoms with Crippen LogP contribution in [0.25, 0.3) is 22.4 Å². The summed E-state index contributed by atoms with van der Waals surface area (Å²) < 4.78 is 0. The highest BCUT2D eigenvalue weighted by Crippen LogP contribution is 2.39. The molecule has 2 fully saturated rings. The lowest BCUT2D eigenvalue weighted by atomic mass is 9.74. The number of piperidine rings is 2. The van der Waals surface area contributed by atoms with Crippen molar-refractivity contribution in [1.29, 1.82) is 0 Å². The first-order valence-electron chi connectivity index (χ1n) is 13.8. The fraction of sp³-hybridized carbons (Fsp3) is 0.400. The van der Waals surface area contributed by atoms with E-state index < -0.39 is 6.10 Å². The van der Waals surface area contributed by atoms with Crippen molar-refractivity contribution < 1.29 is 5.11 Å².